The van der Waals surface area contributed by atoms with Gasteiger partial charge in [0, 0.05) is 6.42 Å². The predicted octanol–water partition coefficient (Wildman–Crippen LogP) is 1.75. The minimum Gasteiger partial charge on any atom is -0.481 e. The fourth-order valence-corrected chi connectivity index (χ4v) is 1.95. The normalized spacial score (nSPS) is 23.8. The second kappa shape index (κ2) is 5.29. The van der Waals surface area contributed by atoms with Crippen molar-refractivity contribution >= 4 is 5.97 Å². The van der Waals surface area contributed by atoms with Gasteiger partial charge in [0.1, 0.15) is 0 Å². The van der Waals surface area contributed by atoms with E-state index < -0.39 is 5.97 Å². The quantitative estimate of drug-likeness (QED) is 0.865. The third kappa shape index (κ3) is 3.54. The van der Waals surface area contributed by atoms with Gasteiger partial charge in [0.05, 0.1) is 19.1 Å². The number of carboxylic acid groups (broad SMARTS) is 1. The first-order chi connectivity index (χ1) is 8.13. The Morgan fingerprint density at radius 1 is 1.53 bits per heavy atom. The Bertz CT molecular complexity index is 402. The molecule has 2 atom stereocenters. The minimum atomic E-state index is -0.852. The molecule has 4 nitrogen and oxygen atoms in total. The van der Waals surface area contributed by atoms with Crippen LogP contribution in [-0.4, -0.2) is 30.1 Å². The zero-order valence-electron chi connectivity index (χ0n) is 9.76. The van der Waals surface area contributed by atoms with Crippen molar-refractivity contribution in [2.75, 3.05) is 6.61 Å². The Morgan fingerprint density at radius 3 is 3.06 bits per heavy atom. The Morgan fingerprint density at radius 2 is 2.35 bits per heavy atom. The Balaban J connectivity index is 1.87. The fraction of sp³-hybridized carbons (Fsp3) is 0.462. The minimum absolute atomic E-state index is 0.00428. The summed E-state index contributed by atoms with van der Waals surface area (Å²) in [7, 11) is 0. The van der Waals surface area contributed by atoms with E-state index in [1.165, 1.54) is 5.56 Å². The smallest absolute Gasteiger partial charge is 0.306 e. The first-order valence-corrected chi connectivity index (χ1v) is 5.68. The van der Waals surface area contributed by atoms with Crippen LogP contribution < -0.4 is 0 Å². The van der Waals surface area contributed by atoms with Gasteiger partial charge in [0.25, 0.3) is 0 Å². The van der Waals surface area contributed by atoms with E-state index in [1.54, 1.807) is 0 Å². The van der Waals surface area contributed by atoms with Crippen LogP contribution in [0.4, 0.5) is 0 Å². The van der Waals surface area contributed by atoms with Gasteiger partial charge >= 0.3 is 5.97 Å². The highest BCUT2D eigenvalue weighted by molar-refractivity contribution is 5.67. The molecule has 0 aliphatic carbocycles. The molecule has 0 saturated carbocycles. The van der Waals surface area contributed by atoms with Crippen molar-refractivity contribution in [2.24, 2.45) is 0 Å². The lowest BCUT2D eigenvalue weighted by Crippen LogP contribution is -2.17. The second-order valence-electron chi connectivity index (χ2n) is 4.31. The number of aryl methyl sites for hydroxylation is 1. The molecule has 0 spiro atoms. The van der Waals surface area contributed by atoms with Crippen molar-refractivity contribution in [2.45, 2.75) is 32.2 Å². The van der Waals surface area contributed by atoms with Crippen molar-refractivity contribution in [1.82, 2.24) is 0 Å². The van der Waals surface area contributed by atoms with E-state index >= 15 is 0 Å². The van der Waals surface area contributed by atoms with Crippen LogP contribution in [0.5, 0.6) is 0 Å². The molecular weight excluding hydrogens is 220 g/mol. The lowest BCUT2D eigenvalue weighted by molar-refractivity contribution is -0.140. The van der Waals surface area contributed by atoms with Crippen LogP contribution in [-0.2, 0) is 20.7 Å². The summed E-state index contributed by atoms with van der Waals surface area (Å²) in [4.78, 5) is 10.5. The third-order valence-electron chi connectivity index (χ3n) is 2.70. The van der Waals surface area contributed by atoms with Crippen molar-refractivity contribution in [3.8, 4) is 0 Å². The van der Waals surface area contributed by atoms with Crippen LogP contribution in [0.1, 0.15) is 17.5 Å². The van der Waals surface area contributed by atoms with E-state index in [0.717, 1.165) is 5.56 Å². The first-order valence-electron chi connectivity index (χ1n) is 5.68. The van der Waals surface area contributed by atoms with Gasteiger partial charge < -0.3 is 14.6 Å². The molecule has 1 heterocycles. The maximum absolute atomic E-state index is 10.5. The monoisotopic (exact) mass is 236 g/mol. The zero-order valence-corrected chi connectivity index (χ0v) is 9.76. The molecule has 1 fully saturated rings. The fourth-order valence-electron chi connectivity index (χ4n) is 1.95. The Hall–Kier alpha value is -1.39. The summed E-state index contributed by atoms with van der Waals surface area (Å²) in [6.07, 6.45) is 0.0331. The van der Waals surface area contributed by atoms with Gasteiger partial charge in [-0.2, -0.15) is 0 Å². The van der Waals surface area contributed by atoms with E-state index in [9.17, 15) is 4.79 Å². The SMILES string of the molecule is Cc1cccc(CC2OCC(CC(=O)O)O2)c1. The molecule has 0 aromatic heterocycles. The number of ether oxygens (including phenoxy) is 2. The molecule has 1 aromatic rings. The molecular formula is C13H16O4. The van der Waals surface area contributed by atoms with E-state index in [1.807, 2.05) is 25.1 Å². The second-order valence-corrected chi connectivity index (χ2v) is 4.31. The molecule has 17 heavy (non-hydrogen) atoms. The first kappa shape index (κ1) is 12.1. The van der Waals surface area contributed by atoms with Gasteiger partial charge in [0.15, 0.2) is 6.29 Å². The molecule has 1 aliphatic heterocycles. The maximum Gasteiger partial charge on any atom is 0.306 e. The molecule has 1 aliphatic rings. The number of hydrogen-bond donors (Lipinski definition) is 1. The van der Waals surface area contributed by atoms with Crippen LogP contribution in [0.25, 0.3) is 0 Å². The summed E-state index contributed by atoms with van der Waals surface area (Å²) in [6, 6.07) is 8.13. The molecule has 1 aromatic carbocycles. The van der Waals surface area contributed by atoms with Gasteiger partial charge in [-0.1, -0.05) is 29.8 Å². The number of carbonyl (C=O) groups is 1. The predicted molar refractivity (Wildman–Crippen MR) is 61.7 cm³/mol. The number of rotatable bonds is 4. The van der Waals surface area contributed by atoms with E-state index in [2.05, 4.69) is 6.07 Å². The standard InChI is InChI=1S/C13H16O4/c1-9-3-2-4-10(5-9)6-13-16-8-11(17-13)7-12(14)15/h2-5,11,13H,6-8H2,1H3,(H,14,15). The summed E-state index contributed by atoms with van der Waals surface area (Å²) in [6.45, 7) is 2.40. The van der Waals surface area contributed by atoms with Crippen LogP contribution in [0.2, 0.25) is 0 Å². The highest BCUT2D eigenvalue weighted by Crippen LogP contribution is 2.18. The lowest BCUT2D eigenvalue weighted by Gasteiger charge is -2.10. The van der Waals surface area contributed by atoms with Gasteiger partial charge in [0.2, 0.25) is 0 Å². The maximum atomic E-state index is 10.5. The number of hydrogen-bond acceptors (Lipinski definition) is 3. The Kier molecular flexibility index (Phi) is 3.76. The highest BCUT2D eigenvalue weighted by Gasteiger charge is 2.27. The van der Waals surface area contributed by atoms with Gasteiger partial charge in [-0.3, -0.25) is 4.79 Å². The van der Waals surface area contributed by atoms with Crippen molar-refractivity contribution in [1.29, 1.82) is 0 Å². The van der Waals surface area contributed by atoms with Crippen molar-refractivity contribution in [3.05, 3.63) is 35.4 Å². The van der Waals surface area contributed by atoms with Crippen molar-refractivity contribution < 1.29 is 19.4 Å². The molecule has 2 unspecified atom stereocenters. The van der Waals surface area contributed by atoms with E-state index in [-0.39, 0.29) is 18.8 Å². The summed E-state index contributed by atoms with van der Waals surface area (Å²) in [5.74, 6) is -0.852. The third-order valence-corrected chi connectivity index (χ3v) is 2.70. The molecule has 2 rings (SSSR count). The van der Waals surface area contributed by atoms with Gasteiger partial charge in [-0.15, -0.1) is 0 Å². The summed E-state index contributed by atoms with van der Waals surface area (Å²) < 4.78 is 10.9. The molecule has 4 heteroatoms. The molecule has 1 saturated heterocycles. The van der Waals surface area contributed by atoms with Crippen LogP contribution in [0.15, 0.2) is 24.3 Å². The molecule has 0 radical (unpaired) electrons. The molecule has 0 bridgehead atoms. The molecule has 1 N–H and O–H groups in total. The molecule has 92 valence electrons. The average molecular weight is 236 g/mol. The zero-order chi connectivity index (χ0) is 12.3. The lowest BCUT2D eigenvalue weighted by atomic mass is 10.1. The van der Waals surface area contributed by atoms with Gasteiger partial charge in [-0.25, -0.2) is 0 Å². The highest BCUT2D eigenvalue weighted by atomic mass is 16.7. The van der Waals surface area contributed by atoms with Crippen LogP contribution in [0, 0.1) is 6.92 Å². The Labute approximate surface area is 100 Å². The summed E-state index contributed by atoms with van der Waals surface area (Å²) in [5, 5.41) is 8.65. The number of benzene rings is 1. The topological polar surface area (TPSA) is 55.8 Å². The molecule has 0 amide bonds. The number of carboxylic acids is 1. The van der Waals surface area contributed by atoms with E-state index in [0.29, 0.717) is 13.0 Å². The van der Waals surface area contributed by atoms with Crippen molar-refractivity contribution in [3.63, 3.8) is 0 Å². The largest absolute Gasteiger partial charge is 0.481 e. The summed E-state index contributed by atoms with van der Waals surface area (Å²) >= 11 is 0. The van der Waals surface area contributed by atoms with Gasteiger partial charge in [-0.05, 0) is 12.5 Å². The summed E-state index contributed by atoms with van der Waals surface area (Å²) in [5.41, 5.74) is 2.34. The average Bonchev–Trinajstić information content (AvgIpc) is 2.64. The van der Waals surface area contributed by atoms with Crippen LogP contribution >= 0.6 is 0 Å². The van der Waals surface area contributed by atoms with Crippen LogP contribution in [0.3, 0.4) is 0 Å². The number of aliphatic carboxylic acids is 1. The van der Waals surface area contributed by atoms with E-state index in [4.69, 9.17) is 14.6 Å².